The Hall–Kier alpha value is -0.730. The lowest BCUT2D eigenvalue weighted by atomic mass is 9.75. The number of phenols is 1. The summed E-state index contributed by atoms with van der Waals surface area (Å²) in [7, 11) is 0. The van der Waals surface area contributed by atoms with Crippen LogP contribution in [0.2, 0.25) is 5.02 Å². The number of hydrogen-bond donors (Lipinski definition) is 1. The molecule has 1 N–H and O–H groups in total. The molecule has 88 valence electrons. The molecule has 16 heavy (non-hydrogen) atoms. The number of phenolic OH excluding ortho intramolecular Hbond substituents is 1. The number of ether oxygens (including phenoxy) is 1. The van der Waals surface area contributed by atoms with Gasteiger partial charge in [0, 0.05) is 5.41 Å². The summed E-state index contributed by atoms with van der Waals surface area (Å²) >= 11 is 5.96. The largest absolute Gasteiger partial charge is 0.506 e. The molecule has 0 unspecified atom stereocenters. The van der Waals surface area contributed by atoms with Crippen molar-refractivity contribution in [3.8, 4) is 5.75 Å². The zero-order valence-corrected chi connectivity index (χ0v) is 10.9. The van der Waals surface area contributed by atoms with Gasteiger partial charge in [0.05, 0.1) is 17.2 Å². The molecular formula is C13H17ClO2. The zero-order valence-electron chi connectivity index (χ0n) is 10.1. The second-order valence-corrected chi connectivity index (χ2v) is 5.94. The van der Waals surface area contributed by atoms with Gasteiger partial charge in [-0.05, 0) is 37.1 Å². The minimum absolute atomic E-state index is 0.0904. The Kier molecular flexibility index (Phi) is 2.48. The summed E-state index contributed by atoms with van der Waals surface area (Å²) in [5.41, 5.74) is 1.74. The Labute approximate surface area is 101 Å². The van der Waals surface area contributed by atoms with Gasteiger partial charge in [-0.25, -0.2) is 0 Å². The predicted octanol–water partition coefficient (Wildman–Crippen LogP) is 3.59. The van der Waals surface area contributed by atoms with Crippen LogP contribution in [0.5, 0.6) is 5.75 Å². The van der Waals surface area contributed by atoms with Gasteiger partial charge < -0.3 is 9.84 Å². The summed E-state index contributed by atoms with van der Waals surface area (Å²) in [5, 5.41) is 10.1. The highest BCUT2D eigenvalue weighted by molar-refractivity contribution is 6.32. The van der Waals surface area contributed by atoms with Crippen LogP contribution in [0.3, 0.4) is 0 Å². The third-order valence-corrected chi connectivity index (χ3v) is 3.56. The molecule has 0 saturated carbocycles. The number of benzene rings is 1. The lowest BCUT2D eigenvalue weighted by Gasteiger charge is -2.41. The molecule has 0 bridgehead atoms. The SMILES string of the molecule is CC1(C)COC(C)(C)c2cc(Cl)c(O)cc21. The number of halogens is 1. The van der Waals surface area contributed by atoms with Crippen LogP contribution in [0.1, 0.15) is 38.8 Å². The Morgan fingerprint density at radius 1 is 1.19 bits per heavy atom. The van der Waals surface area contributed by atoms with Crippen molar-refractivity contribution in [2.75, 3.05) is 6.61 Å². The van der Waals surface area contributed by atoms with Gasteiger partial charge in [0.25, 0.3) is 0 Å². The minimum atomic E-state index is -0.345. The topological polar surface area (TPSA) is 29.5 Å². The molecule has 0 spiro atoms. The van der Waals surface area contributed by atoms with Crippen molar-refractivity contribution in [1.29, 1.82) is 0 Å². The lowest BCUT2D eigenvalue weighted by molar-refractivity contribution is -0.0588. The quantitative estimate of drug-likeness (QED) is 0.751. The van der Waals surface area contributed by atoms with E-state index in [-0.39, 0.29) is 16.8 Å². The van der Waals surface area contributed by atoms with Gasteiger partial charge in [-0.3, -0.25) is 0 Å². The molecule has 1 heterocycles. The Morgan fingerprint density at radius 2 is 1.81 bits per heavy atom. The Bertz CT molecular complexity index is 395. The molecule has 0 radical (unpaired) electrons. The van der Waals surface area contributed by atoms with E-state index < -0.39 is 0 Å². The summed E-state index contributed by atoms with van der Waals surface area (Å²) in [6.07, 6.45) is 0. The van der Waals surface area contributed by atoms with Crippen molar-refractivity contribution >= 4 is 11.6 Å². The smallest absolute Gasteiger partial charge is 0.134 e. The monoisotopic (exact) mass is 240 g/mol. The molecule has 2 rings (SSSR count). The summed E-state index contributed by atoms with van der Waals surface area (Å²) < 4.78 is 5.86. The summed E-state index contributed by atoms with van der Waals surface area (Å²) in [4.78, 5) is 0. The van der Waals surface area contributed by atoms with E-state index in [1.807, 2.05) is 19.9 Å². The van der Waals surface area contributed by atoms with Crippen LogP contribution in [0.15, 0.2) is 12.1 Å². The normalized spacial score (nSPS) is 21.6. The number of hydrogen-bond acceptors (Lipinski definition) is 2. The van der Waals surface area contributed by atoms with Crippen molar-refractivity contribution in [2.45, 2.75) is 38.7 Å². The standard InChI is InChI=1S/C13H17ClO2/c1-12(2)7-16-13(3,4)9-5-10(14)11(15)6-8(9)12/h5-6,15H,7H2,1-4H3. The average molecular weight is 241 g/mol. The second kappa shape index (κ2) is 3.38. The maximum absolute atomic E-state index is 9.70. The Balaban J connectivity index is 2.70. The highest BCUT2D eigenvalue weighted by Crippen LogP contribution is 2.44. The van der Waals surface area contributed by atoms with Gasteiger partial charge in [-0.15, -0.1) is 0 Å². The molecule has 3 heteroatoms. The molecule has 1 aromatic carbocycles. The van der Waals surface area contributed by atoms with E-state index in [4.69, 9.17) is 16.3 Å². The molecule has 1 aliphatic rings. The van der Waals surface area contributed by atoms with Crippen LogP contribution < -0.4 is 0 Å². The lowest BCUT2D eigenvalue weighted by Crippen LogP contribution is -2.39. The predicted molar refractivity (Wildman–Crippen MR) is 65.1 cm³/mol. The third-order valence-electron chi connectivity index (χ3n) is 3.26. The van der Waals surface area contributed by atoms with Crippen LogP contribution in [-0.2, 0) is 15.8 Å². The fourth-order valence-corrected chi connectivity index (χ4v) is 2.30. The summed E-state index contributed by atoms with van der Waals surface area (Å²) in [6.45, 7) is 8.90. The van der Waals surface area contributed by atoms with Gasteiger partial charge in [0.15, 0.2) is 0 Å². The molecular weight excluding hydrogens is 224 g/mol. The van der Waals surface area contributed by atoms with E-state index in [9.17, 15) is 5.11 Å². The third kappa shape index (κ3) is 1.70. The second-order valence-electron chi connectivity index (χ2n) is 5.53. The van der Waals surface area contributed by atoms with Gasteiger partial charge in [0.1, 0.15) is 5.75 Å². The van der Waals surface area contributed by atoms with E-state index >= 15 is 0 Å². The fraction of sp³-hybridized carbons (Fsp3) is 0.538. The first-order valence-electron chi connectivity index (χ1n) is 5.41. The minimum Gasteiger partial charge on any atom is -0.506 e. The first-order valence-corrected chi connectivity index (χ1v) is 5.79. The van der Waals surface area contributed by atoms with Crippen molar-refractivity contribution in [2.24, 2.45) is 0 Å². The van der Waals surface area contributed by atoms with Crippen LogP contribution in [0.25, 0.3) is 0 Å². The van der Waals surface area contributed by atoms with Crippen LogP contribution in [0, 0.1) is 0 Å². The first kappa shape index (κ1) is 11.7. The summed E-state index contributed by atoms with van der Waals surface area (Å²) in [6, 6.07) is 3.58. The number of aromatic hydroxyl groups is 1. The molecule has 0 aliphatic carbocycles. The van der Waals surface area contributed by atoms with Crippen LogP contribution >= 0.6 is 11.6 Å². The average Bonchev–Trinajstić information content (AvgIpc) is 2.17. The fourth-order valence-electron chi connectivity index (χ4n) is 2.14. The van der Waals surface area contributed by atoms with Crippen LogP contribution in [0.4, 0.5) is 0 Å². The molecule has 0 amide bonds. The molecule has 0 atom stereocenters. The van der Waals surface area contributed by atoms with Crippen molar-refractivity contribution < 1.29 is 9.84 Å². The summed E-state index contributed by atoms with van der Waals surface area (Å²) in [5.74, 6) is 0.145. The molecule has 1 aromatic rings. The Morgan fingerprint density at radius 3 is 2.44 bits per heavy atom. The first-order chi connectivity index (χ1) is 7.24. The van der Waals surface area contributed by atoms with Gasteiger partial charge in [-0.2, -0.15) is 0 Å². The molecule has 2 nitrogen and oxygen atoms in total. The highest BCUT2D eigenvalue weighted by atomic mass is 35.5. The van der Waals surface area contributed by atoms with Crippen molar-refractivity contribution in [1.82, 2.24) is 0 Å². The van der Waals surface area contributed by atoms with E-state index in [2.05, 4.69) is 13.8 Å². The highest BCUT2D eigenvalue weighted by Gasteiger charge is 2.38. The van der Waals surface area contributed by atoms with Gasteiger partial charge in [0.2, 0.25) is 0 Å². The molecule has 1 aliphatic heterocycles. The zero-order chi connectivity index (χ0) is 12.1. The molecule has 0 aromatic heterocycles. The number of rotatable bonds is 0. The van der Waals surface area contributed by atoms with E-state index in [1.54, 1.807) is 6.07 Å². The maximum Gasteiger partial charge on any atom is 0.134 e. The maximum atomic E-state index is 9.70. The molecule has 0 fully saturated rings. The van der Waals surface area contributed by atoms with Crippen LogP contribution in [-0.4, -0.2) is 11.7 Å². The van der Waals surface area contributed by atoms with Crippen molar-refractivity contribution in [3.05, 3.63) is 28.3 Å². The molecule has 0 saturated heterocycles. The van der Waals surface area contributed by atoms with Gasteiger partial charge >= 0.3 is 0 Å². The van der Waals surface area contributed by atoms with E-state index in [0.717, 1.165) is 11.1 Å². The van der Waals surface area contributed by atoms with Gasteiger partial charge in [-0.1, -0.05) is 25.4 Å². The number of fused-ring (bicyclic) bond motifs is 1. The van der Waals surface area contributed by atoms with E-state index in [0.29, 0.717) is 11.6 Å². The van der Waals surface area contributed by atoms with E-state index in [1.165, 1.54) is 0 Å². The van der Waals surface area contributed by atoms with Crippen molar-refractivity contribution in [3.63, 3.8) is 0 Å².